The van der Waals surface area contributed by atoms with Crippen LogP contribution in [-0.2, 0) is 16.1 Å². The van der Waals surface area contributed by atoms with Crippen LogP contribution in [0.2, 0.25) is 0 Å². The van der Waals surface area contributed by atoms with Gasteiger partial charge in [-0.3, -0.25) is 0 Å². The van der Waals surface area contributed by atoms with Gasteiger partial charge in [0.1, 0.15) is 18.1 Å². The van der Waals surface area contributed by atoms with Crippen molar-refractivity contribution in [3.63, 3.8) is 0 Å². The van der Waals surface area contributed by atoms with E-state index in [1.54, 1.807) is 30.3 Å². The number of alkyl halides is 4. The van der Waals surface area contributed by atoms with Crippen molar-refractivity contribution >= 4 is 29.4 Å². The van der Waals surface area contributed by atoms with Crippen LogP contribution in [0.1, 0.15) is 21.5 Å². The Morgan fingerprint density at radius 2 is 1.56 bits per heavy atom. The predicted molar refractivity (Wildman–Crippen MR) is 124 cm³/mol. The minimum absolute atomic E-state index is 0.0174. The van der Waals surface area contributed by atoms with Gasteiger partial charge in [0, 0.05) is 23.0 Å². The van der Waals surface area contributed by atoms with Crippen molar-refractivity contribution in [3.8, 4) is 11.5 Å². The molecule has 0 aliphatic rings. The predicted octanol–water partition coefficient (Wildman–Crippen LogP) is 5.06. The maximum absolute atomic E-state index is 12.9. The first-order valence-electron chi connectivity index (χ1n) is 10.3. The van der Waals surface area contributed by atoms with Gasteiger partial charge < -0.3 is 25.7 Å². The summed E-state index contributed by atoms with van der Waals surface area (Å²) in [5.74, 6) is -1.77. The largest absolute Gasteiger partial charge is 0.461 e. The summed E-state index contributed by atoms with van der Waals surface area (Å²) in [6.07, 6.45) is -5.94. The highest BCUT2D eigenvalue weighted by Gasteiger charge is 2.43. The van der Waals surface area contributed by atoms with Gasteiger partial charge >= 0.3 is 24.5 Å². The van der Waals surface area contributed by atoms with E-state index < -0.39 is 30.2 Å². The topological polar surface area (TPSA) is 114 Å². The maximum atomic E-state index is 12.9. The number of rotatable bonds is 9. The second kappa shape index (κ2) is 11.3. The van der Waals surface area contributed by atoms with E-state index in [9.17, 15) is 27.2 Å². The molecule has 0 bridgehead atoms. The van der Waals surface area contributed by atoms with Crippen LogP contribution in [0.4, 0.5) is 28.9 Å². The molecule has 0 spiro atoms. The Labute approximate surface area is 202 Å². The Bertz CT molecular complexity index is 1250. The number of benzene rings is 3. The van der Waals surface area contributed by atoms with Crippen molar-refractivity contribution < 1.29 is 41.4 Å². The lowest BCUT2D eigenvalue weighted by Crippen LogP contribution is -2.33. The molecule has 0 unspecified atom stereocenters. The standard InChI is InChI=1S/C25H20F4N2O5/c26-24(27)25(28,29)36-20-10-5-16(6-11-20)23(33)35-19-8-1-15(2-9-19)3-12-22(32)34-14-17-4-7-18(30)13-21(17)31/h1-13,24H,14,30-31H2. The molecule has 0 aliphatic carbocycles. The Balaban J connectivity index is 1.51. The highest BCUT2D eigenvalue weighted by atomic mass is 19.3. The van der Waals surface area contributed by atoms with Crippen LogP contribution in [0.15, 0.2) is 72.8 Å². The third-order valence-corrected chi connectivity index (χ3v) is 4.64. The summed E-state index contributed by atoms with van der Waals surface area (Å²) < 4.78 is 64.5. The molecule has 0 fully saturated rings. The van der Waals surface area contributed by atoms with Gasteiger partial charge in [-0.1, -0.05) is 18.2 Å². The van der Waals surface area contributed by atoms with Gasteiger partial charge in [0.25, 0.3) is 0 Å². The summed E-state index contributed by atoms with van der Waals surface area (Å²) in [7, 11) is 0. The molecule has 7 nitrogen and oxygen atoms in total. The van der Waals surface area contributed by atoms with E-state index in [2.05, 4.69) is 4.74 Å². The quantitative estimate of drug-likeness (QED) is 0.138. The molecule has 11 heteroatoms. The van der Waals surface area contributed by atoms with Crippen molar-refractivity contribution in [3.05, 3.63) is 89.5 Å². The molecule has 0 radical (unpaired) electrons. The van der Waals surface area contributed by atoms with Crippen LogP contribution in [0, 0.1) is 0 Å². The number of halogens is 4. The molecule has 3 aromatic rings. The van der Waals surface area contributed by atoms with E-state index in [1.807, 2.05) is 0 Å². The molecule has 0 amide bonds. The monoisotopic (exact) mass is 504 g/mol. The van der Waals surface area contributed by atoms with Crippen LogP contribution in [0.25, 0.3) is 6.08 Å². The number of carbonyl (C=O) groups is 2. The van der Waals surface area contributed by atoms with Crippen molar-refractivity contribution in [2.45, 2.75) is 19.1 Å². The Morgan fingerprint density at radius 3 is 2.17 bits per heavy atom. The van der Waals surface area contributed by atoms with Gasteiger partial charge in [0.2, 0.25) is 0 Å². The van der Waals surface area contributed by atoms with Crippen molar-refractivity contribution in [1.82, 2.24) is 0 Å². The van der Waals surface area contributed by atoms with Gasteiger partial charge in [-0.15, -0.1) is 0 Å². The van der Waals surface area contributed by atoms with Crippen LogP contribution in [0.3, 0.4) is 0 Å². The van der Waals surface area contributed by atoms with Crippen molar-refractivity contribution in [2.75, 3.05) is 11.5 Å². The molecular formula is C25H20F4N2O5. The fraction of sp³-hybridized carbons (Fsp3) is 0.120. The molecule has 4 N–H and O–H groups in total. The van der Waals surface area contributed by atoms with Gasteiger partial charge in [-0.25, -0.2) is 9.59 Å². The maximum Gasteiger partial charge on any atom is 0.461 e. The zero-order chi connectivity index (χ0) is 26.3. The normalized spacial score (nSPS) is 11.5. The smallest absolute Gasteiger partial charge is 0.458 e. The number of anilines is 2. The summed E-state index contributed by atoms with van der Waals surface area (Å²) in [6, 6.07) is 15.1. The minimum Gasteiger partial charge on any atom is -0.458 e. The second-order valence-electron chi connectivity index (χ2n) is 7.35. The number of esters is 2. The van der Waals surface area contributed by atoms with E-state index in [-0.39, 0.29) is 17.9 Å². The third-order valence-electron chi connectivity index (χ3n) is 4.64. The number of hydrogen-bond donors (Lipinski definition) is 2. The first-order chi connectivity index (χ1) is 17.0. The average Bonchev–Trinajstić information content (AvgIpc) is 2.83. The zero-order valence-corrected chi connectivity index (χ0v) is 18.5. The Hall–Kier alpha value is -4.54. The van der Waals surface area contributed by atoms with E-state index in [0.717, 1.165) is 24.3 Å². The first-order valence-corrected chi connectivity index (χ1v) is 10.3. The molecule has 0 saturated heterocycles. The second-order valence-corrected chi connectivity index (χ2v) is 7.35. The summed E-state index contributed by atoms with van der Waals surface area (Å²) in [4.78, 5) is 24.2. The number of nitrogen functional groups attached to an aromatic ring is 2. The Morgan fingerprint density at radius 1 is 0.917 bits per heavy atom. The molecule has 0 aliphatic heterocycles. The first kappa shape index (κ1) is 26.1. The Kier molecular flexibility index (Phi) is 8.15. The molecule has 188 valence electrons. The lowest BCUT2D eigenvalue weighted by Gasteiger charge is -2.16. The van der Waals surface area contributed by atoms with Crippen molar-refractivity contribution in [1.29, 1.82) is 0 Å². The van der Waals surface area contributed by atoms with Crippen LogP contribution in [0.5, 0.6) is 11.5 Å². The SMILES string of the molecule is Nc1ccc(COC(=O)C=Cc2ccc(OC(=O)c3ccc(OC(F)(F)C(F)F)cc3)cc2)c(N)c1. The fourth-order valence-corrected chi connectivity index (χ4v) is 2.78. The van der Waals surface area contributed by atoms with Crippen LogP contribution >= 0.6 is 0 Å². The molecular weight excluding hydrogens is 484 g/mol. The van der Waals surface area contributed by atoms with Crippen LogP contribution in [-0.4, -0.2) is 24.5 Å². The summed E-state index contributed by atoms with van der Waals surface area (Å²) in [5, 5.41) is 0. The highest BCUT2D eigenvalue weighted by molar-refractivity contribution is 5.91. The van der Waals surface area contributed by atoms with E-state index in [1.165, 1.54) is 24.3 Å². The van der Waals surface area contributed by atoms with Crippen molar-refractivity contribution in [2.24, 2.45) is 0 Å². The number of ether oxygens (including phenoxy) is 3. The van der Waals surface area contributed by atoms with Gasteiger partial charge in [-0.05, 0) is 60.2 Å². The lowest BCUT2D eigenvalue weighted by atomic mass is 10.2. The van der Waals surface area contributed by atoms with Gasteiger partial charge in [0.05, 0.1) is 5.56 Å². The summed E-state index contributed by atoms with van der Waals surface area (Å²) in [6.45, 7) is -0.0219. The van der Waals surface area contributed by atoms with E-state index >= 15 is 0 Å². The summed E-state index contributed by atoms with van der Waals surface area (Å²) >= 11 is 0. The molecule has 36 heavy (non-hydrogen) atoms. The third kappa shape index (κ3) is 7.23. The highest BCUT2D eigenvalue weighted by Crippen LogP contribution is 2.27. The molecule has 3 rings (SSSR count). The molecule has 0 heterocycles. The van der Waals surface area contributed by atoms with Gasteiger partial charge in [0.15, 0.2) is 0 Å². The molecule has 3 aromatic carbocycles. The zero-order valence-electron chi connectivity index (χ0n) is 18.5. The minimum atomic E-state index is -4.65. The average molecular weight is 504 g/mol. The van der Waals surface area contributed by atoms with Crippen LogP contribution < -0.4 is 20.9 Å². The molecule has 0 saturated carbocycles. The molecule has 0 aromatic heterocycles. The number of carbonyl (C=O) groups excluding carboxylic acids is 2. The fourth-order valence-electron chi connectivity index (χ4n) is 2.78. The number of hydrogen-bond acceptors (Lipinski definition) is 7. The summed E-state index contributed by atoms with van der Waals surface area (Å²) in [5.41, 5.74) is 13.6. The molecule has 0 atom stereocenters. The van der Waals surface area contributed by atoms with E-state index in [0.29, 0.717) is 22.5 Å². The number of nitrogens with two attached hydrogens (primary N) is 2. The van der Waals surface area contributed by atoms with E-state index in [4.69, 9.17) is 20.9 Å². The lowest BCUT2D eigenvalue weighted by molar-refractivity contribution is -0.253. The van der Waals surface area contributed by atoms with Gasteiger partial charge in [-0.2, -0.15) is 17.6 Å².